The summed E-state index contributed by atoms with van der Waals surface area (Å²) in [5.41, 5.74) is 2.93. The number of nitrogens with zero attached hydrogens (tertiary/aromatic N) is 5. The van der Waals surface area contributed by atoms with Crippen molar-refractivity contribution < 1.29 is 25.3 Å². The van der Waals surface area contributed by atoms with Crippen LogP contribution in [0.5, 0.6) is 0 Å². The van der Waals surface area contributed by atoms with E-state index in [0.29, 0.717) is 17.2 Å². The molecule has 5 rings (SSSR count). The molecular weight excluding hydrogens is 491 g/mol. The summed E-state index contributed by atoms with van der Waals surface area (Å²) in [6.07, 6.45) is 3.12. The summed E-state index contributed by atoms with van der Waals surface area (Å²) in [4.78, 5) is 12.7. The zero-order valence-electron chi connectivity index (χ0n) is 18.8. The van der Waals surface area contributed by atoms with Crippen LogP contribution in [0.25, 0.3) is 28.3 Å². The molecule has 0 amide bonds. The molecule has 0 saturated heterocycles. The van der Waals surface area contributed by atoms with E-state index in [1.165, 1.54) is 0 Å². The second-order valence-corrected chi connectivity index (χ2v) is 8.24. The maximum atomic E-state index is 14.2. The van der Waals surface area contributed by atoms with Crippen molar-refractivity contribution in [1.82, 2.24) is 24.7 Å². The molecule has 0 saturated carbocycles. The van der Waals surface area contributed by atoms with Crippen LogP contribution < -0.4 is 0 Å². The van der Waals surface area contributed by atoms with E-state index in [1.54, 1.807) is 16.8 Å². The molecule has 0 atom stereocenters. The van der Waals surface area contributed by atoms with Crippen LogP contribution in [0.15, 0.2) is 78.9 Å². The molecule has 8 heteroatoms. The summed E-state index contributed by atoms with van der Waals surface area (Å²) < 4.78 is 29.0. The first-order valence-corrected chi connectivity index (χ1v) is 10.6. The van der Waals surface area contributed by atoms with Gasteiger partial charge < -0.3 is 9.67 Å². The number of pyridine rings is 3. The Labute approximate surface area is 211 Å². The van der Waals surface area contributed by atoms with Crippen molar-refractivity contribution in [3.63, 3.8) is 0 Å². The maximum absolute atomic E-state index is 14.2. The summed E-state index contributed by atoms with van der Waals surface area (Å²) in [6, 6.07) is 26.2. The second kappa shape index (κ2) is 9.84. The van der Waals surface area contributed by atoms with Gasteiger partial charge in [-0.05, 0) is 37.4 Å². The van der Waals surface area contributed by atoms with Crippen LogP contribution in [-0.2, 0) is 21.9 Å². The first-order chi connectivity index (χ1) is 16.4. The molecule has 0 radical (unpaired) electrons. The van der Waals surface area contributed by atoms with Gasteiger partial charge in [0.15, 0.2) is 0 Å². The number of halogens is 2. The largest absolute Gasteiger partial charge is 2.00 e. The smallest absolute Gasteiger partial charge is 0.343 e. The van der Waals surface area contributed by atoms with Crippen LogP contribution in [0.1, 0.15) is 25.2 Å². The Kier molecular flexibility index (Phi) is 6.85. The topological polar surface area (TPSA) is 56.5 Å². The number of benzene rings is 1. The van der Waals surface area contributed by atoms with Crippen LogP contribution in [0, 0.1) is 24.2 Å². The van der Waals surface area contributed by atoms with Gasteiger partial charge in [-0.15, -0.1) is 12.1 Å². The summed E-state index contributed by atoms with van der Waals surface area (Å²) >= 11 is 0. The molecule has 4 heterocycles. The van der Waals surface area contributed by atoms with Gasteiger partial charge >= 0.3 is 16.5 Å². The van der Waals surface area contributed by atoms with E-state index in [2.05, 4.69) is 27.3 Å². The van der Waals surface area contributed by atoms with Crippen LogP contribution >= 0.6 is 0 Å². The quantitative estimate of drug-likeness (QED) is 0.176. The molecule has 0 fully saturated rings. The Hall–Kier alpha value is -3.77. The van der Waals surface area contributed by atoms with Gasteiger partial charge in [0.25, 0.3) is 0 Å². The van der Waals surface area contributed by atoms with Gasteiger partial charge in [-0.25, -0.2) is 8.78 Å². The fourth-order valence-electron chi connectivity index (χ4n) is 3.65. The molecule has 0 N–H and O–H groups in total. The van der Waals surface area contributed by atoms with Gasteiger partial charge in [-0.2, -0.15) is 0 Å². The molecule has 1 aromatic carbocycles. The number of hydrogen-bond acceptors (Lipinski definition) is 4. The van der Waals surface area contributed by atoms with Gasteiger partial charge in [-0.1, -0.05) is 78.0 Å². The number of aromatic nitrogens is 5. The number of hydrogen-bond donors (Lipinski definition) is 0. The molecule has 0 aliphatic rings. The van der Waals surface area contributed by atoms with Crippen molar-refractivity contribution in [3.8, 4) is 28.3 Å². The van der Waals surface area contributed by atoms with Crippen molar-refractivity contribution in [1.29, 1.82) is 0 Å². The van der Waals surface area contributed by atoms with Gasteiger partial charge in [0.05, 0.1) is 5.82 Å². The normalized spacial score (nSPS) is 11.2. The third-order valence-corrected chi connectivity index (χ3v) is 5.59. The molecular formula is C27H19F2N5Ni. The first-order valence-electron chi connectivity index (χ1n) is 10.6. The monoisotopic (exact) mass is 509 g/mol. The van der Waals surface area contributed by atoms with E-state index in [1.807, 2.05) is 74.5 Å². The zero-order chi connectivity index (χ0) is 23.7. The third kappa shape index (κ3) is 4.89. The summed E-state index contributed by atoms with van der Waals surface area (Å²) in [7, 11) is 0. The second-order valence-electron chi connectivity index (χ2n) is 8.24. The maximum Gasteiger partial charge on any atom is 2.00 e. The average molecular weight is 510 g/mol. The Bertz CT molecular complexity index is 1470. The molecule has 4 aromatic heterocycles. The molecule has 5 nitrogen and oxygen atoms in total. The standard InChI is InChI=1S/C27H19F2N5.Ni/c1-27(2,22-11-6-10-21(30-22)19-14-15-24(28)32-26(19)29)23-12-7-13-25(31-23)34-17-16-20(33-34)18-8-4-3-5-9-18;/h3-13,15-16H,1-2H3;/q-2;+2. The fraction of sp³-hybridized carbons (Fsp3) is 0.111. The van der Waals surface area contributed by atoms with Crippen molar-refractivity contribution in [3.05, 3.63) is 114 Å². The molecule has 176 valence electrons. The SMILES string of the molecule is CC(C)(c1cccc(-c2[c-]cc(F)nc2F)n1)c1cccc(-n2[c-]cc(-c3ccccc3)n2)n1.[Ni+2]. The van der Waals surface area contributed by atoms with E-state index in [9.17, 15) is 8.78 Å². The Balaban J connectivity index is 0.00000289. The summed E-state index contributed by atoms with van der Waals surface area (Å²) in [6.45, 7) is 3.97. The molecule has 0 aliphatic heterocycles. The molecule has 0 unspecified atom stereocenters. The zero-order valence-corrected chi connectivity index (χ0v) is 19.8. The van der Waals surface area contributed by atoms with Crippen LogP contribution in [0.2, 0.25) is 0 Å². The van der Waals surface area contributed by atoms with Crippen molar-refractivity contribution >= 4 is 0 Å². The van der Waals surface area contributed by atoms with Crippen LogP contribution in [0.3, 0.4) is 0 Å². The minimum Gasteiger partial charge on any atom is -0.343 e. The Morgan fingerprint density at radius 1 is 0.771 bits per heavy atom. The summed E-state index contributed by atoms with van der Waals surface area (Å²) in [5.74, 6) is -1.26. The van der Waals surface area contributed by atoms with Crippen LogP contribution in [-0.4, -0.2) is 24.7 Å². The van der Waals surface area contributed by atoms with E-state index < -0.39 is 17.3 Å². The molecule has 5 aromatic rings. The summed E-state index contributed by atoms with van der Waals surface area (Å²) in [5, 5.41) is 4.62. The third-order valence-electron chi connectivity index (χ3n) is 5.59. The fourth-order valence-corrected chi connectivity index (χ4v) is 3.65. The minimum absolute atomic E-state index is 0. The number of rotatable bonds is 5. The molecule has 0 bridgehead atoms. The minimum atomic E-state index is -0.953. The van der Waals surface area contributed by atoms with Gasteiger partial charge in [0.1, 0.15) is 11.9 Å². The van der Waals surface area contributed by atoms with E-state index in [4.69, 9.17) is 4.98 Å². The molecule has 0 spiro atoms. The van der Waals surface area contributed by atoms with Gasteiger partial charge in [0.2, 0.25) is 0 Å². The molecule has 0 aliphatic carbocycles. The Morgan fingerprint density at radius 3 is 2.23 bits per heavy atom. The Morgan fingerprint density at radius 2 is 1.49 bits per heavy atom. The molecule has 35 heavy (non-hydrogen) atoms. The van der Waals surface area contributed by atoms with Gasteiger partial charge in [-0.3, -0.25) is 15.1 Å². The first kappa shape index (κ1) is 24.4. The van der Waals surface area contributed by atoms with Crippen molar-refractivity contribution in [2.45, 2.75) is 19.3 Å². The van der Waals surface area contributed by atoms with Crippen LogP contribution in [0.4, 0.5) is 8.78 Å². The van der Waals surface area contributed by atoms with E-state index >= 15 is 0 Å². The average Bonchev–Trinajstić information content (AvgIpc) is 3.35. The van der Waals surface area contributed by atoms with E-state index in [0.717, 1.165) is 23.0 Å². The van der Waals surface area contributed by atoms with Gasteiger partial charge in [0, 0.05) is 16.8 Å². The van der Waals surface area contributed by atoms with Crippen molar-refractivity contribution in [2.24, 2.45) is 0 Å². The predicted octanol–water partition coefficient (Wildman–Crippen LogP) is 5.59. The van der Waals surface area contributed by atoms with E-state index in [-0.39, 0.29) is 22.1 Å². The predicted molar refractivity (Wildman–Crippen MR) is 124 cm³/mol. The van der Waals surface area contributed by atoms with Crippen molar-refractivity contribution in [2.75, 3.05) is 0 Å².